The quantitative estimate of drug-likeness (QED) is 0.831. The number of piperidine rings is 1. The van der Waals surface area contributed by atoms with Crippen LogP contribution in [0.4, 0.5) is 0 Å². The summed E-state index contributed by atoms with van der Waals surface area (Å²) < 4.78 is 0. The normalized spacial score (nSPS) is 19.1. The van der Waals surface area contributed by atoms with Gasteiger partial charge >= 0.3 is 0 Å². The van der Waals surface area contributed by atoms with Crippen molar-refractivity contribution < 1.29 is 4.79 Å². The standard InChI is InChI=1S/C18H27ClN2O/c1-2-17-8-3-4-12-21(17)13-10-18(22)20-11-9-15-6-5-7-16(19)14-15/h5-7,14,17H,2-4,8-13H2,1H3,(H,20,22). The van der Waals surface area contributed by atoms with E-state index in [1.807, 2.05) is 24.3 Å². The molecular weight excluding hydrogens is 296 g/mol. The Labute approximate surface area is 139 Å². The molecule has 0 aliphatic carbocycles. The molecule has 1 atom stereocenters. The highest BCUT2D eigenvalue weighted by Crippen LogP contribution is 2.19. The van der Waals surface area contributed by atoms with Crippen LogP contribution in [-0.2, 0) is 11.2 Å². The zero-order valence-electron chi connectivity index (χ0n) is 13.5. The van der Waals surface area contributed by atoms with E-state index in [9.17, 15) is 4.79 Å². The lowest BCUT2D eigenvalue weighted by atomic mass is 10.00. The van der Waals surface area contributed by atoms with Crippen molar-refractivity contribution in [2.24, 2.45) is 0 Å². The van der Waals surface area contributed by atoms with Crippen molar-refractivity contribution in [3.63, 3.8) is 0 Å². The van der Waals surface area contributed by atoms with Gasteiger partial charge in [0.25, 0.3) is 0 Å². The van der Waals surface area contributed by atoms with Gasteiger partial charge in [0.05, 0.1) is 0 Å². The summed E-state index contributed by atoms with van der Waals surface area (Å²) >= 11 is 5.96. The van der Waals surface area contributed by atoms with E-state index < -0.39 is 0 Å². The Balaban J connectivity index is 1.65. The van der Waals surface area contributed by atoms with Gasteiger partial charge in [0.1, 0.15) is 0 Å². The maximum absolute atomic E-state index is 12.0. The van der Waals surface area contributed by atoms with E-state index in [4.69, 9.17) is 11.6 Å². The summed E-state index contributed by atoms with van der Waals surface area (Å²) in [6.07, 6.45) is 6.51. The van der Waals surface area contributed by atoms with Crippen LogP contribution in [0.15, 0.2) is 24.3 Å². The van der Waals surface area contributed by atoms with Crippen molar-refractivity contribution in [3.05, 3.63) is 34.9 Å². The minimum absolute atomic E-state index is 0.155. The summed E-state index contributed by atoms with van der Waals surface area (Å²) in [5, 5.41) is 3.76. The summed E-state index contributed by atoms with van der Waals surface area (Å²) in [7, 11) is 0. The topological polar surface area (TPSA) is 32.3 Å². The molecule has 22 heavy (non-hydrogen) atoms. The van der Waals surface area contributed by atoms with Crippen molar-refractivity contribution in [1.82, 2.24) is 10.2 Å². The minimum Gasteiger partial charge on any atom is -0.356 e. The summed E-state index contributed by atoms with van der Waals surface area (Å²) in [6.45, 7) is 4.96. The number of benzene rings is 1. The lowest BCUT2D eigenvalue weighted by molar-refractivity contribution is -0.121. The van der Waals surface area contributed by atoms with Crippen LogP contribution in [0.25, 0.3) is 0 Å². The number of carbonyl (C=O) groups excluding carboxylic acids is 1. The minimum atomic E-state index is 0.155. The van der Waals surface area contributed by atoms with Gasteiger partial charge in [0.15, 0.2) is 0 Å². The fraction of sp³-hybridized carbons (Fsp3) is 0.611. The first-order valence-electron chi connectivity index (χ1n) is 8.44. The van der Waals surface area contributed by atoms with Crippen LogP contribution >= 0.6 is 11.6 Å². The van der Waals surface area contributed by atoms with E-state index in [2.05, 4.69) is 17.1 Å². The van der Waals surface area contributed by atoms with Crippen molar-refractivity contribution in [1.29, 1.82) is 0 Å². The molecule has 0 aromatic heterocycles. The van der Waals surface area contributed by atoms with Gasteiger partial charge < -0.3 is 5.32 Å². The second-order valence-corrected chi connectivity index (χ2v) is 6.51. The molecule has 4 heteroatoms. The number of carbonyl (C=O) groups is 1. The van der Waals surface area contributed by atoms with Crippen LogP contribution < -0.4 is 5.32 Å². The lowest BCUT2D eigenvalue weighted by Crippen LogP contribution is -2.41. The molecule has 1 unspecified atom stereocenters. The van der Waals surface area contributed by atoms with Crippen LogP contribution in [0.3, 0.4) is 0 Å². The molecule has 1 amide bonds. The Morgan fingerprint density at radius 1 is 1.41 bits per heavy atom. The van der Waals surface area contributed by atoms with Crippen molar-refractivity contribution >= 4 is 17.5 Å². The zero-order chi connectivity index (χ0) is 15.8. The first-order chi connectivity index (χ1) is 10.7. The average molecular weight is 323 g/mol. The largest absolute Gasteiger partial charge is 0.356 e. The highest BCUT2D eigenvalue weighted by Gasteiger charge is 2.20. The van der Waals surface area contributed by atoms with Gasteiger partial charge in [-0.15, -0.1) is 0 Å². The number of halogens is 1. The molecule has 1 aromatic carbocycles. The Morgan fingerprint density at radius 3 is 3.05 bits per heavy atom. The molecule has 1 fully saturated rings. The maximum Gasteiger partial charge on any atom is 0.221 e. The SMILES string of the molecule is CCC1CCCCN1CCC(=O)NCCc1cccc(Cl)c1. The molecule has 0 saturated carbocycles. The number of hydrogen-bond acceptors (Lipinski definition) is 2. The Hall–Kier alpha value is -1.06. The first-order valence-corrected chi connectivity index (χ1v) is 8.82. The van der Waals surface area contributed by atoms with E-state index in [1.165, 1.54) is 25.7 Å². The number of likely N-dealkylation sites (tertiary alicyclic amines) is 1. The highest BCUT2D eigenvalue weighted by atomic mass is 35.5. The van der Waals surface area contributed by atoms with Crippen molar-refractivity contribution in [2.75, 3.05) is 19.6 Å². The molecule has 0 radical (unpaired) electrons. The van der Waals surface area contributed by atoms with Crippen LogP contribution in [0.2, 0.25) is 5.02 Å². The van der Waals surface area contributed by atoms with E-state index in [-0.39, 0.29) is 5.91 Å². The van der Waals surface area contributed by atoms with Crippen LogP contribution in [-0.4, -0.2) is 36.5 Å². The molecule has 1 heterocycles. The third kappa shape index (κ3) is 5.62. The lowest BCUT2D eigenvalue weighted by Gasteiger charge is -2.35. The van der Waals surface area contributed by atoms with Gasteiger partial charge in [0, 0.05) is 30.6 Å². The summed E-state index contributed by atoms with van der Waals surface area (Å²) in [5.74, 6) is 0.155. The van der Waals surface area contributed by atoms with Gasteiger partial charge in [-0.25, -0.2) is 0 Å². The molecule has 1 aliphatic heterocycles. The Kier molecular flexibility index (Phi) is 7.20. The van der Waals surface area contributed by atoms with E-state index in [0.717, 1.165) is 30.1 Å². The Bertz CT molecular complexity index is 478. The number of nitrogens with zero attached hydrogens (tertiary/aromatic N) is 1. The predicted octanol–water partition coefficient (Wildman–Crippen LogP) is 3.65. The van der Waals surface area contributed by atoms with E-state index >= 15 is 0 Å². The van der Waals surface area contributed by atoms with Crippen LogP contribution in [0.5, 0.6) is 0 Å². The van der Waals surface area contributed by atoms with Crippen LogP contribution in [0.1, 0.15) is 44.6 Å². The van der Waals surface area contributed by atoms with Crippen molar-refractivity contribution in [3.8, 4) is 0 Å². The maximum atomic E-state index is 12.0. The molecule has 1 saturated heterocycles. The van der Waals surface area contributed by atoms with Crippen molar-refractivity contribution in [2.45, 2.75) is 51.5 Å². The first kappa shape index (κ1) is 17.3. The summed E-state index contributed by atoms with van der Waals surface area (Å²) in [5.41, 5.74) is 1.16. The third-order valence-electron chi connectivity index (χ3n) is 4.47. The fourth-order valence-corrected chi connectivity index (χ4v) is 3.40. The molecule has 1 aromatic rings. The van der Waals surface area contributed by atoms with Gasteiger partial charge in [-0.05, 0) is 49.9 Å². The van der Waals surface area contributed by atoms with Crippen LogP contribution in [0, 0.1) is 0 Å². The molecule has 1 N–H and O–H groups in total. The molecule has 0 bridgehead atoms. The third-order valence-corrected chi connectivity index (χ3v) is 4.71. The van der Waals surface area contributed by atoms with Gasteiger partial charge in [-0.2, -0.15) is 0 Å². The Morgan fingerprint density at radius 2 is 2.27 bits per heavy atom. The second-order valence-electron chi connectivity index (χ2n) is 6.07. The number of rotatable bonds is 7. The summed E-state index contributed by atoms with van der Waals surface area (Å²) in [4.78, 5) is 14.5. The zero-order valence-corrected chi connectivity index (χ0v) is 14.2. The summed E-state index contributed by atoms with van der Waals surface area (Å²) in [6, 6.07) is 8.48. The number of amides is 1. The average Bonchev–Trinajstić information content (AvgIpc) is 2.53. The molecular formula is C18H27ClN2O. The second kappa shape index (κ2) is 9.16. The smallest absolute Gasteiger partial charge is 0.221 e. The highest BCUT2D eigenvalue weighted by molar-refractivity contribution is 6.30. The fourth-order valence-electron chi connectivity index (χ4n) is 3.19. The predicted molar refractivity (Wildman–Crippen MR) is 92.3 cm³/mol. The van der Waals surface area contributed by atoms with Gasteiger partial charge in [-0.1, -0.05) is 37.1 Å². The molecule has 122 valence electrons. The van der Waals surface area contributed by atoms with E-state index in [0.29, 0.717) is 19.0 Å². The number of hydrogen-bond donors (Lipinski definition) is 1. The van der Waals surface area contributed by atoms with E-state index in [1.54, 1.807) is 0 Å². The monoisotopic (exact) mass is 322 g/mol. The molecule has 0 spiro atoms. The molecule has 1 aliphatic rings. The molecule has 3 nitrogen and oxygen atoms in total. The molecule has 2 rings (SSSR count). The van der Waals surface area contributed by atoms with Gasteiger partial charge in [0.2, 0.25) is 5.91 Å². The van der Waals surface area contributed by atoms with Gasteiger partial charge in [-0.3, -0.25) is 9.69 Å². The number of nitrogens with one attached hydrogen (secondary N) is 1.